The lowest BCUT2D eigenvalue weighted by Gasteiger charge is -2.13. The zero-order chi connectivity index (χ0) is 24.1. The van der Waals surface area contributed by atoms with E-state index in [1.165, 1.54) is 49.6 Å². The van der Waals surface area contributed by atoms with Crippen molar-refractivity contribution in [3.8, 4) is 5.75 Å². The van der Waals surface area contributed by atoms with Crippen molar-refractivity contribution >= 4 is 37.3 Å². The van der Waals surface area contributed by atoms with Gasteiger partial charge in [0.25, 0.3) is 26.0 Å². The summed E-state index contributed by atoms with van der Waals surface area (Å²) in [6.45, 7) is 2.11. The van der Waals surface area contributed by atoms with Gasteiger partial charge >= 0.3 is 0 Å². The van der Waals surface area contributed by atoms with Crippen LogP contribution in [0.15, 0.2) is 82.6 Å². The lowest BCUT2D eigenvalue weighted by atomic mass is 10.2. The minimum atomic E-state index is -4.06. The van der Waals surface area contributed by atoms with E-state index in [1.54, 1.807) is 37.3 Å². The molecular formula is C22H23N3O6S2. The van der Waals surface area contributed by atoms with E-state index in [0.717, 1.165) is 0 Å². The predicted octanol–water partition coefficient (Wildman–Crippen LogP) is 3.05. The van der Waals surface area contributed by atoms with Gasteiger partial charge in [0, 0.05) is 17.9 Å². The van der Waals surface area contributed by atoms with E-state index in [1.807, 2.05) is 0 Å². The summed E-state index contributed by atoms with van der Waals surface area (Å²) < 4.78 is 60.7. The van der Waals surface area contributed by atoms with Crippen LogP contribution in [-0.2, 0) is 20.0 Å². The van der Waals surface area contributed by atoms with E-state index in [2.05, 4.69) is 14.8 Å². The van der Waals surface area contributed by atoms with Crippen molar-refractivity contribution in [1.82, 2.24) is 5.32 Å². The molecule has 0 fully saturated rings. The van der Waals surface area contributed by atoms with Crippen molar-refractivity contribution in [1.29, 1.82) is 0 Å². The highest BCUT2D eigenvalue weighted by molar-refractivity contribution is 7.93. The van der Waals surface area contributed by atoms with E-state index < -0.39 is 26.0 Å². The molecule has 0 bridgehead atoms. The van der Waals surface area contributed by atoms with Gasteiger partial charge in [-0.2, -0.15) is 0 Å². The molecule has 0 spiro atoms. The van der Waals surface area contributed by atoms with Crippen molar-refractivity contribution in [3.05, 3.63) is 78.4 Å². The van der Waals surface area contributed by atoms with E-state index in [0.29, 0.717) is 12.2 Å². The number of methoxy groups -OCH3 is 1. The van der Waals surface area contributed by atoms with Crippen LogP contribution in [0, 0.1) is 0 Å². The van der Waals surface area contributed by atoms with Crippen molar-refractivity contribution in [2.24, 2.45) is 0 Å². The number of carbonyl (C=O) groups is 1. The fraction of sp³-hybridized carbons (Fsp3) is 0.136. The third kappa shape index (κ3) is 5.82. The summed E-state index contributed by atoms with van der Waals surface area (Å²) in [4.78, 5) is 12.1. The molecule has 3 rings (SSSR count). The Labute approximate surface area is 192 Å². The molecule has 1 amide bonds. The molecule has 0 saturated heterocycles. The van der Waals surface area contributed by atoms with Crippen molar-refractivity contribution in [2.75, 3.05) is 23.1 Å². The molecule has 3 aromatic rings. The molecule has 174 valence electrons. The number of amides is 1. The first-order chi connectivity index (χ1) is 15.7. The molecule has 0 radical (unpaired) electrons. The molecule has 3 N–H and O–H groups in total. The number of rotatable bonds is 9. The molecule has 0 saturated carbocycles. The highest BCUT2D eigenvalue weighted by Gasteiger charge is 2.20. The second-order valence-corrected chi connectivity index (χ2v) is 10.2. The minimum Gasteiger partial charge on any atom is -0.496 e. The van der Waals surface area contributed by atoms with Gasteiger partial charge in [0.2, 0.25) is 0 Å². The molecule has 0 aliphatic rings. The average Bonchev–Trinajstić information content (AvgIpc) is 2.79. The number of anilines is 2. The highest BCUT2D eigenvalue weighted by atomic mass is 32.2. The quantitative estimate of drug-likeness (QED) is 0.423. The van der Waals surface area contributed by atoms with Crippen molar-refractivity contribution in [3.63, 3.8) is 0 Å². The van der Waals surface area contributed by atoms with Crippen LogP contribution in [0.2, 0.25) is 0 Å². The molecule has 0 unspecified atom stereocenters. The van der Waals surface area contributed by atoms with Crippen LogP contribution in [-0.4, -0.2) is 36.4 Å². The van der Waals surface area contributed by atoms with Crippen LogP contribution >= 0.6 is 0 Å². The van der Waals surface area contributed by atoms with Crippen LogP contribution in [0.4, 0.5) is 11.4 Å². The van der Waals surface area contributed by atoms with Gasteiger partial charge in [-0.05, 0) is 61.5 Å². The Bertz CT molecular complexity index is 1340. The lowest BCUT2D eigenvalue weighted by molar-refractivity contribution is 0.0952. The molecule has 9 nitrogen and oxygen atoms in total. The second kappa shape index (κ2) is 9.92. The number of carbonyl (C=O) groups excluding carboxylic acids is 1. The number of sulfonamides is 2. The predicted molar refractivity (Wildman–Crippen MR) is 126 cm³/mol. The summed E-state index contributed by atoms with van der Waals surface area (Å²) >= 11 is 0. The molecular weight excluding hydrogens is 466 g/mol. The Kier molecular flexibility index (Phi) is 7.24. The summed E-state index contributed by atoms with van der Waals surface area (Å²) in [6.07, 6.45) is 0. The SMILES string of the molecule is CCNC(=O)c1cc(S(=O)(=O)Nc2ccc(S(=O)(=O)Nc3ccccc3)cc2)ccc1OC. The summed E-state index contributed by atoms with van der Waals surface area (Å²) in [7, 11) is -6.51. The average molecular weight is 490 g/mol. The van der Waals surface area contributed by atoms with Gasteiger partial charge in [-0.25, -0.2) is 16.8 Å². The molecule has 0 aliphatic heterocycles. The van der Waals surface area contributed by atoms with Crippen LogP contribution in [0.25, 0.3) is 0 Å². The molecule has 33 heavy (non-hydrogen) atoms. The molecule has 0 aliphatic carbocycles. The maximum Gasteiger partial charge on any atom is 0.261 e. The maximum atomic E-state index is 12.8. The van der Waals surface area contributed by atoms with E-state index in [-0.39, 0.29) is 26.8 Å². The van der Waals surface area contributed by atoms with Crippen molar-refractivity contribution < 1.29 is 26.4 Å². The van der Waals surface area contributed by atoms with Crippen LogP contribution in [0.5, 0.6) is 5.75 Å². The zero-order valence-corrected chi connectivity index (χ0v) is 19.5. The minimum absolute atomic E-state index is 0.0303. The van der Waals surface area contributed by atoms with Gasteiger partial charge in [0.15, 0.2) is 0 Å². The topological polar surface area (TPSA) is 131 Å². The van der Waals surface area contributed by atoms with Gasteiger partial charge in [-0.15, -0.1) is 0 Å². The fourth-order valence-electron chi connectivity index (χ4n) is 2.92. The van der Waals surface area contributed by atoms with E-state index in [9.17, 15) is 21.6 Å². The normalized spacial score (nSPS) is 11.5. The Hall–Kier alpha value is -3.57. The summed E-state index contributed by atoms with van der Waals surface area (Å²) in [5.41, 5.74) is 0.643. The molecule has 0 heterocycles. The number of ether oxygens (including phenoxy) is 1. The molecule has 0 atom stereocenters. The number of para-hydroxylation sites is 1. The Morgan fingerprint density at radius 2 is 1.33 bits per heavy atom. The monoisotopic (exact) mass is 489 g/mol. The van der Waals surface area contributed by atoms with Gasteiger partial charge < -0.3 is 10.1 Å². The van der Waals surface area contributed by atoms with Crippen LogP contribution in [0.3, 0.4) is 0 Å². The smallest absolute Gasteiger partial charge is 0.261 e. The zero-order valence-electron chi connectivity index (χ0n) is 17.9. The van der Waals surface area contributed by atoms with Crippen LogP contribution < -0.4 is 19.5 Å². The Morgan fingerprint density at radius 1 is 0.788 bits per heavy atom. The van der Waals surface area contributed by atoms with Gasteiger partial charge in [-0.3, -0.25) is 14.2 Å². The number of hydrogen-bond acceptors (Lipinski definition) is 6. The van der Waals surface area contributed by atoms with Crippen molar-refractivity contribution in [2.45, 2.75) is 16.7 Å². The first-order valence-corrected chi connectivity index (χ1v) is 12.8. The third-order valence-electron chi connectivity index (χ3n) is 4.51. The Morgan fingerprint density at radius 3 is 1.91 bits per heavy atom. The summed E-state index contributed by atoms with van der Waals surface area (Å²) in [5, 5.41) is 2.61. The molecule has 3 aromatic carbocycles. The standard InChI is InChI=1S/C22H23N3O6S2/c1-3-23-22(26)20-15-19(13-14-21(20)31-2)33(29,30)25-17-9-11-18(12-10-17)32(27,28)24-16-7-5-4-6-8-16/h4-15,24-25H,3H2,1-2H3,(H,23,26). The number of hydrogen-bond donors (Lipinski definition) is 3. The molecule has 0 aromatic heterocycles. The number of nitrogens with one attached hydrogen (secondary N) is 3. The number of benzene rings is 3. The fourth-order valence-corrected chi connectivity index (χ4v) is 5.07. The second-order valence-electron chi connectivity index (χ2n) is 6.82. The largest absolute Gasteiger partial charge is 0.496 e. The lowest BCUT2D eigenvalue weighted by Crippen LogP contribution is -2.24. The van der Waals surface area contributed by atoms with Gasteiger partial charge in [0.05, 0.1) is 22.5 Å². The van der Waals surface area contributed by atoms with E-state index >= 15 is 0 Å². The van der Waals surface area contributed by atoms with Gasteiger partial charge in [-0.1, -0.05) is 18.2 Å². The first kappa shape index (κ1) is 24.1. The van der Waals surface area contributed by atoms with Crippen LogP contribution in [0.1, 0.15) is 17.3 Å². The summed E-state index contributed by atoms with van der Waals surface area (Å²) in [6, 6.07) is 17.6. The first-order valence-electron chi connectivity index (χ1n) is 9.83. The third-order valence-corrected chi connectivity index (χ3v) is 7.28. The van der Waals surface area contributed by atoms with Gasteiger partial charge in [0.1, 0.15) is 5.75 Å². The summed E-state index contributed by atoms with van der Waals surface area (Å²) in [5.74, 6) is -0.229. The molecule has 11 heteroatoms. The maximum absolute atomic E-state index is 12.8. The Balaban J connectivity index is 1.82. The van der Waals surface area contributed by atoms with E-state index in [4.69, 9.17) is 4.74 Å². The highest BCUT2D eigenvalue weighted by Crippen LogP contribution is 2.25.